The molecule has 0 unspecified atom stereocenters. The van der Waals surface area contributed by atoms with Crippen LogP contribution in [0.2, 0.25) is 0 Å². The Morgan fingerprint density at radius 2 is 2.69 bits per heavy atom. The number of aromatic nitrogens is 1. The van der Waals surface area contributed by atoms with Crippen molar-refractivity contribution in [2.24, 2.45) is 0 Å². The van der Waals surface area contributed by atoms with Crippen LogP contribution < -0.4 is 5.32 Å². The van der Waals surface area contributed by atoms with Crippen LogP contribution in [-0.2, 0) is 11.3 Å². The van der Waals surface area contributed by atoms with Crippen LogP contribution in [0.1, 0.15) is 17.7 Å². The molecule has 1 aliphatic rings. The predicted octanol–water partition coefficient (Wildman–Crippen LogP) is 1.41. The highest BCUT2D eigenvalue weighted by Crippen LogP contribution is 2.09. The minimum atomic E-state index is 0.577. The van der Waals surface area contributed by atoms with Crippen molar-refractivity contribution < 1.29 is 4.74 Å². The van der Waals surface area contributed by atoms with Crippen LogP contribution in [0.3, 0.4) is 0 Å². The normalized spacial score (nSPS) is 22.3. The van der Waals surface area contributed by atoms with Crippen molar-refractivity contribution in [2.75, 3.05) is 13.2 Å². The number of hydrogen-bond donors (Lipinski definition) is 1. The molecule has 13 heavy (non-hydrogen) atoms. The van der Waals surface area contributed by atoms with E-state index in [1.165, 1.54) is 17.7 Å². The summed E-state index contributed by atoms with van der Waals surface area (Å²) in [6.07, 6.45) is 4.41. The maximum atomic E-state index is 5.57. The van der Waals surface area contributed by atoms with Crippen molar-refractivity contribution in [3.63, 3.8) is 0 Å². The number of nitrogens with zero attached hydrogens (tertiary/aromatic N) is 1. The molecule has 1 aromatic heterocycles. The first-order valence-electron chi connectivity index (χ1n) is 4.63. The Bertz CT molecular complexity index is 232. The lowest BCUT2D eigenvalue weighted by Gasteiger charge is -2.09. The molecule has 1 aromatic rings. The van der Waals surface area contributed by atoms with Crippen LogP contribution in [0.15, 0.2) is 11.7 Å². The molecule has 1 saturated heterocycles. The molecule has 3 nitrogen and oxygen atoms in total. The fraction of sp³-hybridized carbons (Fsp3) is 0.667. The van der Waals surface area contributed by atoms with Gasteiger partial charge in [-0.2, -0.15) is 0 Å². The molecule has 0 aromatic carbocycles. The van der Waals surface area contributed by atoms with Crippen LogP contribution >= 0.6 is 11.3 Å². The summed E-state index contributed by atoms with van der Waals surface area (Å²) in [6, 6.07) is 0.577. The van der Waals surface area contributed by atoms with E-state index in [-0.39, 0.29) is 0 Å². The topological polar surface area (TPSA) is 34.1 Å². The van der Waals surface area contributed by atoms with E-state index in [0.717, 1.165) is 13.2 Å². The van der Waals surface area contributed by atoms with Gasteiger partial charge in [0.05, 0.1) is 23.6 Å². The summed E-state index contributed by atoms with van der Waals surface area (Å²) in [4.78, 5) is 5.20. The average molecular weight is 198 g/mol. The summed E-state index contributed by atoms with van der Waals surface area (Å²) in [5.41, 5.74) is 1.84. The van der Waals surface area contributed by atoms with Crippen LogP contribution in [0.5, 0.6) is 0 Å². The van der Waals surface area contributed by atoms with E-state index in [9.17, 15) is 0 Å². The highest BCUT2D eigenvalue weighted by molar-refractivity contribution is 7.09. The minimum absolute atomic E-state index is 0.577. The fourth-order valence-electron chi connectivity index (χ4n) is 1.51. The number of thiazole rings is 1. The van der Waals surface area contributed by atoms with Crippen molar-refractivity contribution in [2.45, 2.75) is 25.5 Å². The molecule has 2 rings (SSSR count). The monoisotopic (exact) mass is 198 g/mol. The molecule has 1 fully saturated rings. The zero-order chi connectivity index (χ0) is 8.93. The van der Waals surface area contributed by atoms with Gasteiger partial charge in [-0.15, -0.1) is 11.3 Å². The lowest BCUT2D eigenvalue weighted by atomic mass is 10.2. The van der Waals surface area contributed by atoms with Gasteiger partial charge in [0.25, 0.3) is 0 Å². The van der Waals surface area contributed by atoms with E-state index in [1.54, 1.807) is 11.3 Å². The van der Waals surface area contributed by atoms with E-state index in [1.807, 2.05) is 11.7 Å². The van der Waals surface area contributed by atoms with E-state index >= 15 is 0 Å². The third-order valence-electron chi connectivity index (χ3n) is 2.21. The zero-order valence-electron chi connectivity index (χ0n) is 7.53. The first-order valence-corrected chi connectivity index (χ1v) is 5.51. The highest BCUT2D eigenvalue weighted by Gasteiger charge is 2.13. The lowest BCUT2D eigenvalue weighted by molar-refractivity contribution is 0.105. The largest absolute Gasteiger partial charge is 0.374 e. The number of ether oxygens (including phenoxy) is 1. The molecule has 0 amide bonds. The Morgan fingerprint density at radius 3 is 3.38 bits per heavy atom. The average Bonchev–Trinajstić information content (AvgIpc) is 2.75. The molecule has 0 radical (unpaired) electrons. The van der Waals surface area contributed by atoms with Gasteiger partial charge >= 0.3 is 0 Å². The van der Waals surface area contributed by atoms with Gasteiger partial charge in [-0.05, 0) is 19.4 Å². The Morgan fingerprint density at radius 1 is 1.69 bits per heavy atom. The summed E-state index contributed by atoms with van der Waals surface area (Å²) in [5, 5.41) is 3.40. The quantitative estimate of drug-likeness (QED) is 0.794. The van der Waals surface area contributed by atoms with Gasteiger partial charge in [-0.1, -0.05) is 0 Å². The maximum absolute atomic E-state index is 5.57. The van der Waals surface area contributed by atoms with Gasteiger partial charge < -0.3 is 10.1 Å². The lowest BCUT2D eigenvalue weighted by Crippen LogP contribution is -2.26. The molecule has 0 saturated carbocycles. The first kappa shape index (κ1) is 9.12. The first-order chi connectivity index (χ1) is 6.45. The highest BCUT2D eigenvalue weighted by atomic mass is 32.1. The molecule has 2 heterocycles. The molecule has 0 aliphatic carbocycles. The van der Waals surface area contributed by atoms with Gasteiger partial charge in [0.1, 0.15) is 0 Å². The SMILES string of the molecule is c1ncc(COC[C@@H]2CCCN2)s1. The van der Waals surface area contributed by atoms with Gasteiger partial charge in [0, 0.05) is 12.2 Å². The second-order valence-corrected chi connectivity index (χ2v) is 4.25. The molecule has 0 spiro atoms. The number of rotatable bonds is 4. The Hall–Kier alpha value is -0.450. The number of hydrogen-bond acceptors (Lipinski definition) is 4. The van der Waals surface area contributed by atoms with Crippen LogP contribution in [0.25, 0.3) is 0 Å². The van der Waals surface area contributed by atoms with Crippen LogP contribution in [-0.4, -0.2) is 24.2 Å². The Kier molecular flexibility index (Phi) is 3.29. The maximum Gasteiger partial charge on any atom is 0.0826 e. The summed E-state index contributed by atoms with van der Waals surface area (Å²) in [7, 11) is 0. The van der Waals surface area contributed by atoms with E-state index in [4.69, 9.17) is 4.74 Å². The zero-order valence-corrected chi connectivity index (χ0v) is 8.35. The minimum Gasteiger partial charge on any atom is -0.374 e. The Balaban J connectivity index is 1.63. The van der Waals surface area contributed by atoms with E-state index in [0.29, 0.717) is 12.6 Å². The van der Waals surface area contributed by atoms with Gasteiger partial charge in [-0.3, -0.25) is 4.98 Å². The van der Waals surface area contributed by atoms with Crippen molar-refractivity contribution in [1.29, 1.82) is 0 Å². The third-order valence-corrected chi connectivity index (χ3v) is 2.96. The summed E-state index contributed by atoms with van der Waals surface area (Å²) >= 11 is 1.65. The second kappa shape index (κ2) is 4.69. The molecule has 4 heteroatoms. The molecule has 1 aliphatic heterocycles. The molecular formula is C9H14N2OS. The fourth-order valence-corrected chi connectivity index (χ4v) is 2.04. The van der Waals surface area contributed by atoms with Crippen molar-refractivity contribution >= 4 is 11.3 Å². The van der Waals surface area contributed by atoms with Gasteiger partial charge in [0.15, 0.2) is 0 Å². The van der Waals surface area contributed by atoms with Crippen LogP contribution in [0, 0.1) is 0 Å². The van der Waals surface area contributed by atoms with Gasteiger partial charge in [0.2, 0.25) is 0 Å². The van der Waals surface area contributed by atoms with Crippen molar-refractivity contribution in [1.82, 2.24) is 10.3 Å². The molecule has 1 atom stereocenters. The number of nitrogens with one attached hydrogen (secondary N) is 1. The Labute approximate surface area is 82.1 Å². The van der Waals surface area contributed by atoms with E-state index < -0.39 is 0 Å². The summed E-state index contributed by atoms with van der Waals surface area (Å²) < 4.78 is 5.57. The second-order valence-electron chi connectivity index (χ2n) is 3.28. The van der Waals surface area contributed by atoms with Crippen LogP contribution in [0.4, 0.5) is 0 Å². The van der Waals surface area contributed by atoms with E-state index in [2.05, 4.69) is 10.3 Å². The van der Waals surface area contributed by atoms with Crippen molar-refractivity contribution in [3.8, 4) is 0 Å². The van der Waals surface area contributed by atoms with Gasteiger partial charge in [-0.25, -0.2) is 0 Å². The third kappa shape index (κ3) is 2.76. The molecule has 72 valence electrons. The summed E-state index contributed by atoms with van der Waals surface area (Å²) in [5.74, 6) is 0. The molecule has 0 bridgehead atoms. The standard InChI is InChI=1S/C9H14N2OS/c1-2-8(11-3-1)5-12-6-9-4-10-7-13-9/h4,7-8,11H,1-3,5-6H2/t8-/m0/s1. The molecule has 1 N–H and O–H groups in total. The molecular weight excluding hydrogens is 184 g/mol. The van der Waals surface area contributed by atoms with Crippen molar-refractivity contribution in [3.05, 3.63) is 16.6 Å². The predicted molar refractivity (Wildman–Crippen MR) is 52.8 cm³/mol. The summed E-state index contributed by atoms with van der Waals surface area (Å²) in [6.45, 7) is 2.69. The smallest absolute Gasteiger partial charge is 0.0826 e.